The molecule has 0 aliphatic carbocycles. The number of amides is 1. The summed E-state index contributed by atoms with van der Waals surface area (Å²) in [4.78, 5) is 32.8. The third-order valence-electron chi connectivity index (χ3n) is 5.99. The first-order valence-electron chi connectivity index (χ1n) is 10.9. The van der Waals surface area contributed by atoms with Gasteiger partial charge in [0.15, 0.2) is 16.6 Å². The van der Waals surface area contributed by atoms with E-state index in [2.05, 4.69) is 27.6 Å². The molecule has 4 aromatic rings. The van der Waals surface area contributed by atoms with Crippen LogP contribution in [0.15, 0.2) is 66.2 Å². The van der Waals surface area contributed by atoms with E-state index in [1.165, 1.54) is 16.2 Å². The largest absolute Gasteiger partial charge is 0.507 e. The Morgan fingerprint density at radius 3 is 2.56 bits per heavy atom. The molecule has 0 radical (unpaired) electrons. The first kappa shape index (κ1) is 23.3. The van der Waals surface area contributed by atoms with Gasteiger partial charge in [-0.15, -0.1) is 0 Å². The van der Waals surface area contributed by atoms with Crippen LogP contribution in [-0.4, -0.2) is 35.0 Å². The third-order valence-corrected chi connectivity index (χ3v) is 7.96. The van der Waals surface area contributed by atoms with Crippen LogP contribution >= 0.6 is 45.5 Å². The van der Waals surface area contributed by atoms with Crippen LogP contribution < -0.4 is 14.4 Å². The van der Waals surface area contributed by atoms with Crippen molar-refractivity contribution < 1.29 is 24.2 Å². The maximum Gasteiger partial charge on any atom is 0.301 e. The first-order chi connectivity index (χ1) is 17.4. The highest BCUT2D eigenvalue weighted by atomic mass is 127. The summed E-state index contributed by atoms with van der Waals surface area (Å²) in [5.41, 5.74) is 1.67. The summed E-state index contributed by atoms with van der Waals surface area (Å²) in [6.07, 6.45) is 0. The van der Waals surface area contributed by atoms with Crippen molar-refractivity contribution in [2.24, 2.45) is 0 Å². The van der Waals surface area contributed by atoms with Gasteiger partial charge in [0.1, 0.15) is 19.0 Å². The lowest BCUT2D eigenvalue weighted by molar-refractivity contribution is -0.132. The van der Waals surface area contributed by atoms with E-state index < -0.39 is 17.7 Å². The number of carbonyl (C=O) groups is 2. The Hall–Kier alpha value is -3.15. The molecule has 7 nitrogen and oxygen atoms in total. The molecule has 2 aliphatic heterocycles. The number of carbonyl (C=O) groups excluding carboxylic acids is 2. The van der Waals surface area contributed by atoms with Crippen molar-refractivity contribution in [3.8, 4) is 11.5 Å². The van der Waals surface area contributed by atoms with Crippen LogP contribution in [0.3, 0.4) is 0 Å². The Kier molecular flexibility index (Phi) is 5.85. The van der Waals surface area contributed by atoms with E-state index in [9.17, 15) is 14.7 Å². The van der Waals surface area contributed by atoms with Crippen LogP contribution in [-0.2, 0) is 9.59 Å². The van der Waals surface area contributed by atoms with Crippen LogP contribution in [0.1, 0.15) is 17.2 Å². The number of ketones is 1. The average molecular weight is 631 g/mol. The summed E-state index contributed by atoms with van der Waals surface area (Å²) < 4.78 is 13.0. The summed E-state index contributed by atoms with van der Waals surface area (Å²) >= 11 is 9.59. The van der Waals surface area contributed by atoms with Crippen molar-refractivity contribution >= 4 is 78.3 Å². The van der Waals surface area contributed by atoms with Gasteiger partial charge in [-0.3, -0.25) is 14.5 Å². The lowest BCUT2D eigenvalue weighted by atomic mass is 9.95. The minimum absolute atomic E-state index is 0.0184. The zero-order chi connectivity index (χ0) is 25.0. The molecule has 1 N–H and O–H groups in total. The maximum absolute atomic E-state index is 13.4. The lowest BCUT2D eigenvalue weighted by Crippen LogP contribution is -2.29. The zero-order valence-electron chi connectivity index (χ0n) is 18.4. The van der Waals surface area contributed by atoms with Gasteiger partial charge in [0.05, 0.1) is 21.8 Å². The van der Waals surface area contributed by atoms with Crippen molar-refractivity contribution in [3.05, 3.63) is 86.0 Å². The number of hydrogen-bond acceptors (Lipinski definition) is 7. The molecule has 1 amide bonds. The van der Waals surface area contributed by atoms with Crippen molar-refractivity contribution in [1.82, 2.24) is 4.98 Å². The fourth-order valence-corrected chi connectivity index (χ4v) is 5.95. The highest BCUT2D eigenvalue weighted by Crippen LogP contribution is 2.45. The maximum atomic E-state index is 13.4. The number of benzene rings is 3. The van der Waals surface area contributed by atoms with E-state index in [1.54, 1.807) is 36.4 Å². The smallest absolute Gasteiger partial charge is 0.301 e. The molecule has 0 bridgehead atoms. The number of nitrogens with zero attached hydrogens (tertiary/aromatic N) is 2. The number of hydrogen-bond donors (Lipinski definition) is 1. The highest BCUT2D eigenvalue weighted by molar-refractivity contribution is 14.1. The summed E-state index contributed by atoms with van der Waals surface area (Å²) in [5.74, 6) is -0.819. The van der Waals surface area contributed by atoms with E-state index in [0.29, 0.717) is 51.5 Å². The molecule has 36 heavy (non-hydrogen) atoms. The van der Waals surface area contributed by atoms with Gasteiger partial charge in [-0.2, -0.15) is 0 Å². The summed E-state index contributed by atoms with van der Waals surface area (Å²) in [6, 6.07) is 16.8. The number of thiazole rings is 1. The molecule has 3 heterocycles. The van der Waals surface area contributed by atoms with E-state index in [-0.39, 0.29) is 11.3 Å². The topological polar surface area (TPSA) is 89.0 Å². The molecular formula is C26H16ClIN2O5S. The van der Waals surface area contributed by atoms with Crippen LogP contribution in [0.25, 0.3) is 16.0 Å². The summed E-state index contributed by atoms with van der Waals surface area (Å²) in [7, 11) is 0. The van der Waals surface area contributed by atoms with Gasteiger partial charge in [0, 0.05) is 14.2 Å². The van der Waals surface area contributed by atoms with Crippen molar-refractivity contribution in [2.45, 2.75) is 6.04 Å². The van der Waals surface area contributed by atoms with Crippen molar-refractivity contribution in [2.75, 3.05) is 18.1 Å². The molecule has 6 rings (SSSR count). The van der Waals surface area contributed by atoms with E-state index in [0.717, 1.165) is 8.27 Å². The quantitative estimate of drug-likeness (QED) is 0.130. The summed E-state index contributed by atoms with van der Waals surface area (Å²) in [6.45, 7) is 0.815. The second kappa shape index (κ2) is 9.06. The molecular weight excluding hydrogens is 615 g/mol. The van der Waals surface area contributed by atoms with Crippen LogP contribution in [0, 0.1) is 3.57 Å². The lowest BCUT2D eigenvalue weighted by Gasteiger charge is -2.23. The SMILES string of the molecule is O=C1C(=O)N(c2nc3ccc(Cl)cc3s2)C(c2ccc(I)cc2)C1=C(O)c1ccc2c(c1)OCCO2. The standard InChI is InChI=1S/C26H16ClIN2O5S/c27-15-4-7-17-20(12-15)36-26(29-17)30-22(13-1-5-16(28)6-2-13)21(24(32)25(30)33)23(31)14-3-8-18-19(11-14)35-10-9-34-18/h1-8,11-12,22,31H,9-10H2. The molecule has 2 aliphatic rings. The van der Waals surface area contributed by atoms with Crippen molar-refractivity contribution in [1.29, 1.82) is 0 Å². The molecule has 1 fully saturated rings. The van der Waals surface area contributed by atoms with Gasteiger partial charge in [0.2, 0.25) is 0 Å². The van der Waals surface area contributed by atoms with Gasteiger partial charge >= 0.3 is 5.91 Å². The molecule has 0 spiro atoms. The Labute approximate surface area is 228 Å². The molecule has 180 valence electrons. The van der Waals surface area contributed by atoms with Crippen molar-refractivity contribution in [3.63, 3.8) is 0 Å². The van der Waals surface area contributed by atoms with Gasteiger partial charge in [-0.05, 0) is 76.7 Å². The Morgan fingerprint density at radius 1 is 1.03 bits per heavy atom. The van der Waals surface area contributed by atoms with Gasteiger partial charge in [-0.25, -0.2) is 4.98 Å². The molecule has 1 aromatic heterocycles. The number of anilines is 1. The number of aliphatic hydroxyl groups is 1. The molecule has 10 heteroatoms. The normalized spacial score (nSPS) is 18.7. The molecule has 3 aromatic carbocycles. The number of halogens is 2. The zero-order valence-corrected chi connectivity index (χ0v) is 22.1. The Morgan fingerprint density at radius 2 is 1.78 bits per heavy atom. The van der Waals surface area contributed by atoms with Crippen LogP contribution in [0.2, 0.25) is 5.02 Å². The van der Waals surface area contributed by atoms with Gasteiger partial charge in [0.25, 0.3) is 5.78 Å². The second-order valence-electron chi connectivity index (χ2n) is 8.19. The second-order valence-corrected chi connectivity index (χ2v) is 10.9. The fraction of sp³-hybridized carbons (Fsp3) is 0.115. The first-order valence-corrected chi connectivity index (χ1v) is 13.2. The average Bonchev–Trinajstić information content (AvgIpc) is 3.41. The minimum Gasteiger partial charge on any atom is -0.507 e. The van der Waals surface area contributed by atoms with E-state index >= 15 is 0 Å². The van der Waals surface area contributed by atoms with Crippen LogP contribution in [0.4, 0.5) is 5.13 Å². The molecule has 1 saturated heterocycles. The Balaban J connectivity index is 1.54. The highest BCUT2D eigenvalue weighted by Gasteiger charge is 2.48. The number of ether oxygens (including phenoxy) is 2. The number of rotatable bonds is 3. The number of aliphatic hydroxyl groups excluding tert-OH is 1. The van der Waals surface area contributed by atoms with Crippen LogP contribution in [0.5, 0.6) is 11.5 Å². The Bertz CT molecular complexity index is 1580. The molecule has 0 saturated carbocycles. The molecule has 1 atom stereocenters. The number of Topliss-reactive ketones (excluding diaryl/α,β-unsaturated/α-hetero) is 1. The van der Waals surface area contributed by atoms with Gasteiger partial charge < -0.3 is 14.6 Å². The monoisotopic (exact) mass is 630 g/mol. The number of fused-ring (bicyclic) bond motifs is 2. The fourth-order valence-electron chi connectivity index (χ4n) is 4.33. The summed E-state index contributed by atoms with van der Waals surface area (Å²) in [5, 5.41) is 12.3. The van der Waals surface area contributed by atoms with Gasteiger partial charge in [-0.1, -0.05) is 35.1 Å². The molecule has 1 unspecified atom stereocenters. The predicted molar refractivity (Wildman–Crippen MR) is 146 cm³/mol. The minimum atomic E-state index is -0.869. The predicted octanol–water partition coefficient (Wildman–Crippen LogP) is 5.95. The van der Waals surface area contributed by atoms with E-state index in [1.807, 2.05) is 24.3 Å². The number of aromatic nitrogens is 1. The van der Waals surface area contributed by atoms with E-state index in [4.69, 9.17) is 21.1 Å². The third kappa shape index (κ3) is 3.91.